The first-order valence-corrected chi connectivity index (χ1v) is 8.80. The Balaban J connectivity index is 1.67. The quantitative estimate of drug-likeness (QED) is 0.689. The van der Waals surface area contributed by atoms with Crippen molar-refractivity contribution in [1.29, 1.82) is 0 Å². The molecule has 26 heavy (non-hydrogen) atoms. The van der Waals surface area contributed by atoms with Crippen LogP contribution in [0.5, 0.6) is 0 Å². The molecule has 136 valence electrons. The van der Waals surface area contributed by atoms with Gasteiger partial charge in [0.2, 0.25) is 11.8 Å². The molecule has 0 aliphatic heterocycles. The Morgan fingerprint density at radius 1 is 1.27 bits per heavy atom. The zero-order valence-corrected chi connectivity index (χ0v) is 15.6. The number of aromatic nitrogens is 4. The van der Waals surface area contributed by atoms with Gasteiger partial charge in [0.05, 0.1) is 22.3 Å². The first kappa shape index (κ1) is 18.1. The minimum absolute atomic E-state index is 0.185. The highest BCUT2D eigenvalue weighted by atomic mass is 32.2. The Bertz CT molecular complexity index is 935. The van der Waals surface area contributed by atoms with Gasteiger partial charge in [-0.05, 0) is 45.0 Å². The fourth-order valence-corrected chi connectivity index (χ4v) is 3.03. The van der Waals surface area contributed by atoms with Crippen LogP contribution < -0.4 is 5.32 Å². The Morgan fingerprint density at radius 2 is 1.96 bits per heavy atom. The maximum atomic E-state index is 13.0. The maximum absolute atomic E-state index is 13.0. The van der Waals surface area contributed by atoms with Crippen LogP contribution in [0.3, 0.4) is 0 Å². The topological polar surface area (TPSA) is 85.8 Å². The van der Waals surface area contributed by atoms with E-state index in [1.807, 2.05) is 20.9 Å². The lowest BCUT2D eigenvalue weighted by atomic mass is 10.2. The third-order valence-corrected chi connectivity index (χ3v) is 4.84. The maximum Gasteiger partial charge on any atom is 0.277 e. The average Bonchev–Trinajstić information content (AvgIpc) is 3.15. The van der Waals surface area contributed by atoms with Crippen molar-refractivity contribution < 1.29 is 13.6 Å². The van der Waals surface area contributed by atoms with Crippen molar-refractivity contribution in [2.45, 2.75) is 31.2 Å². The average molecular weight is 375 g/mol. The van der Waals surface area contributed by atoms with Crippen molar-refractivity contribution in [3.05, 3.63) is 41.5 Å². The zero-order valence-electron chi connectivity index (χ0n) is 14.8. The predicted octanol–water partition coefficient (Wildman–Crippen LogP) is 3.35. The highest BCUT2D eigenvalue weighted by molar-refractivity contribution is 8.00. The van der Waals surface area contributed by atoms with Gasteiger partial charge in [0.1, 0.15) is 5.82 Å². The molecule has 9 heteroatoms. The van der Waals surface area contributed by atoms with Crippen molar-refractivity contribution in [1.82, 2.24) is 20.0 Å². The van der Waals surface area contributed by atoms with Gasteiger partial charge in [-0.2, -0.15) is 5.10 Å². The number of aryl methyl sites for hydroxylation is 2. The van der Waals surface area contributed by atoms with Crippen molar-refractivity contribution in [2.75, 3.05) is 5.32 Å². The third-order valence-electron chi connectivity index (χ3n) is 3.90. The largest absolute Gasteiger partial charge is 0.411 e. The molecule has 3 rings (SSSR count). The molecule has 0 saturated carbocycles. The van der Waals surface area contributed by atoms with Gasteiger partial charge in [0.15, 0.2) is 0 Å². The van der Waals surface area contributed by atoms with Crippen LogP contribution in [0, 0.1) is 19.7 Å². The number of amides is 1. The summed E-state index contributed by atoms with van der Waals surface area (Å²) < 4.78 is 20.3. The molecule has 3 aromatic rings. The first-order chi connectivity index (χ1) is 12.3. The number of carbonyl (C=O) groups excluding carboxylic acids is 1. The number of carbonyl (C=O) groups is 1. The standard InChI is InChI=1S/C17H18FN5O2S/c1-9-14(10(2)23(4)22-9)19-15(24)11(3)26-17-21-20-16(25-17)12-5-7-13(18)8-6-12/h5-8,11H,1-4H3,(H,19,24). The van der Waals surface area contributed by atoms with Crippen LogP contribution in [-0.2, 0) is 11.8 Å². The summed E-state index contributed by atoms with van der Waals surface area (Å²) in [7, 11) is 1.82. The van der Waals surface area contributed by atoms with Gasteiger partial charge in [-0.15, -0.1) is 10.2 Å². The number of hydrogen-bond donors (Lipinski definition) is 1. The Labute approximate surface area is 154 Å². The Kier molecular flexibility index (Phi) is 5.08. The van der Waals surface area contributed by atoms with Crippen LogP contribution in [0.4, 0.5) is 10.1 Å². The second-order valence-electron chi connectivity index (χ2n) is 5.80. The van der Waals surface area contributed by atoms with E-state index in [9.17, 15) is 9.18 Å². The summed E-state index contributed by atoms with van der Waals surface area (Å²) in [5.41, 5.74) is 2.96. The molecule has 0 spiro atoms. The molecule has 0 aliphatic carbocycles. The van der Waals surface area contributed by atoms with Crippen molar-refractivity contribution >= 4 is 23.4 Å². The lowest BCUT2D eigenvalue weighted by Gasteiger charge is -2.10. The Morgan fingerprint density at radius 3 is 2.58 bits per heavy atom. The summed E-state index contributed by atoms with van der Waals surface area (Å²) in [6.07, 6.45) is 0. The summed E-state index contributed by atoms with van der Waals surface area (Å²) in [4.78, 5) is 12.4. The number of hydrogen-bond acceptors (Lipinski definition) is 6. The fraction of sp³-hybridized carbons (Fsp3) is 0.294. The molecule has 1 amide bonds. The van der Waals surface area contributed by atoms with Gasteiger partial charge < -0.3 is 9.73 Å². The molecule has 1 aromatic carbocycles. The van der Waals surface area contributed by atoms with E-state index in [4.69, 9.17) is 4.42 Å². The molecule has 2 aromatic heterocycles. The van der Waals surface area contributed by atoms with E-state index >= 15 is 0 Å². The minimum atomic E-state index is -0.449. The molecule has 2 heterocycles. The number of benzene rings is 1. The summed E-state index contributed by atoms with van der Waals surface area (Å²) in [5, 5.41) is 14.9. The molecular formula is C17H18FN5O2S. The normalized spacial score (nSPS) is 12.2. The minimum Gasteiger partial charge on any atom is -0.411 e. The van der Waals surface area contributed by atoms with Gasteiger partial charge in [0, 0.05) is 12.6 Å². The van der Waals surface area contributed by atoms with Crippen LogP contribution in [-0.4, -0.2) is 31.1 Å². The van der Waals surface area contributed by atoms with Crippen molar-refractivity contribution in [3.63, 3.8) is 0 Å². The van der Waals surface area contributed by atoms with Gasteiger partial charge in [-0.25, -0.2) is 4.39 Å². The fourth-order valence-electron chi connectivity index (χ4n) is 2.35. The van der Waals surface area contributed by atoms with E-state index in [1.54, 1.807) is 23.7 Å². The second-order valence-corrected chi connectivity index (χ2v) is 7.09. The number of nitrogens with one attached hydrogen (secondary N) is 1. The number of nitrogens with zero attached hydrogens (tertiary/aromatic N) is 4. The highest BCUT2D eigenvalue weighted by Crippen LogP contribution is 2.27. The molecule has 1 atom stereocenters. The number of halogens is 1. The van der Waals surface area contributed by atoms with E-state index in [0.29, 0.717) is 11.3 Å². The molecule has 1 unspecified atom stereocenters. The SMILES string of the molecule is Cc1nn(C)c(C)c1NC(=O)C(C)Sc1nnc(-c2ccc(F)cc2)o1. The Hall–Kier alpha value is -2.68. The molecule has 7 nitrogen and oxygen atoms in total. The van der Waals surface area contributed by atoms with E-state index < -0.39 is 5.25 Å². The number of anilines is 1. The van der Waals surface area contributed by atoms with Crippen LogP contribution in [0.25, 0.3) is 11.5 Å². The van der Waals surface area contributed by atoms with Crippen LogP contribution in [0.15, 0.2) is 33.9 Å². The number of thioether (sulfide) groups is 1. The smallest absolute Gasteiger partial charge is 0.277 e. The third kappa shape index (κ3) is 3.77. The molecule has 0 fully saturated rings. The summed E-state index contributed by atoms with van der Waals surface area (Å²) in [5.74, 6) is -0.246. The molecule has 1 N–H and O–H groups in total. The second kappa shape index (κ2) is 7.28. The lowest BCUT2D eigenvalue weighted by Crippen LogP contribution is -2.23. The number of rotatable bonds is 5. The van der Waals surface area contributed by atoms with Gasteiger partial charge in [-0.1, -0.05) is 11.8 Å². The molecular weight excluding hydrogens is 357 g/mol. The molecule has 0 aliphatic rings. The monoisotopic (exact) mass is 375 g/mol. The van der Waals surface area contributed by atoms with E-state index in [1.165, 1.54) is 12.1 Å². The predicted molar refractivity (Wildman–Crippen MR) is 96.3 cm³/mol. The molecule has 0 bridgehead atoms. The highest BCUT2D eigenvalue weighted by Gasteiger charge is 2.21. The van der Waals surface area contributed by atoms with Crippen molar-refractivity contribution in [3.8, 4) is 11.5 Å². The summed E-state index contributed by atoms with van der Waals surface area (Å²) >= 11 is 1.15. The van der Waals surface area contributed by atoms with Gasteiger partial charge >= 0.3 is 0 Å². The lowest BCUT2D eigenvalue weighted by molar-refractivity contribution is -0.115. The van der Waals surface area contributed by atoms with Crippen LogP contribution in [0.1, 0.15) is 18.3 Å². The molecule has 0 saturated heterocycles. The zero-order chi connectivity index (χ0) is 18.8. The first-order valence-electron chi connectivity index (χ1n) is 7.92. The van der Waals surface area contributed by atoms with Crippen LogP contribution in [0.2, 0.25) is 0 Å². The van der Waals surface area contributed by atoms with Gasteiger partial charge in [-0.3, -0.25) is 9.48 Å². The molecule has 0 radical (unpaired) electrons. The van der Waals surface area contributed by atoms with E-state index in [-0.39, 0.29) is 22.8 Å². The summed E-state index contributed by atoms with van der Waals surface area (Å²) in [6.45, 7) is 5.48. The van der Waals surface area contributed by atoms with Crippen LogP contribution >= 0.6 is 11.8 Å². The summed E-state index contributed by atoms with van der Waals surface area (Å²) in [6, 6.07) is 5.75. The van der Waals surface area contributed by atoms with E-state index in [2.05, 4.69) is 20.6 Å². The van der Waals surface area contributed by atoms with E-state index in [0.717, 1.165) is 23.1 Å². The van der Waals surface area contributed by atoms with Gasteiger partial charge in [0.25, 0.3) is 5.22 Å². The van der Waals surface area contributed by atoms with Crippen molar-refractivity contribution in [2.24, 2.45) is 7.05 Å².